The van der Waals surface area contributed by atoms with E-state index in [9.17, 15) is 19.2 Å². The molecular formula is C61H76F4N10O6. The Morgan fingerprint density at radius 1 is 0.741 bits per heavy atom. The number of aromatic amines is 2. The molecule has 4 fully saturated rings. The van der Waals surface area contributed by atoms with Crippen molar-refractivity contribution in [2.75, 3.05) is 50.2 Å². The number of amides is 4. The SMILES string of the molecule is C=C(/C(F)=C\c1nc([C@@H]2CCCN2C(=O)[C@@H](NC(=O)OC)C(C)C)[nH]c1C)[C@H]1CC[C@H](c2cc3[nH]c([C@@H]4CCCN4C(=O)[C@@H](NC(=O)OC)C(C)C)nc3cc2F)N1c1cc(F)c(N2CCC(CCCc3ccccc3)CC2)c(F)c1. The van der Waals surface area contributed by atoms with Crippen LogP contribution in [0.5, 0.6) is 0 Å². The maximum atomic E-state index is 17.1. The van der Waals surface area contributed by atoms with Crippen LogP contribution in [0.25, 0.3) is 17.1 Å². The van der Waals surface area contributed by atoms with Crippen LogP contribution in [0.1, 0.15) is 144 Å². The van der Waals surface area contributed by atoms with Gasteiger partial charge in [-0.3, -0.25) is 9.59 Å². The van der Waals surface area contributed by atoms with Crippen molar-refractivity contribution in [3.63, 3.8) is 0 Å². The standard InChI is InChI=1S/C61H76F4N10O6/c1-34(2)53(70-60(78)80-7)58(76)73-25-13-19-51(73)56-66-37(6)46(67-56)32-42(62)36(5)49-21-22-50(75(49)40-29-44(64)55(45(65)30-40)72-27-23-39(24-28-72)18-12-17-38-15-10-9-11-16-38)41-31-47-48(33-43(41)63)69-57(68-47)52-20-14-26-74(52)59(77)54(35(3)4)71-61(79)81-8/h9-11,15-16,29-35,39,49-54H,5,12-14,17-28H2,1-4,6-8H3,(H,66,67)(H,68,69)(H,70,78)(H,71,79)/b42-32+/t49-,50-,51+,52+,53+,54+/m1/s1. The molecule has 434 valence electrons. The molecule has 0 radical (unpaired) electrons. The lowest BCUT2D eigenvalue weighted by molar-refractivity contribution is -0.136. The summed E-state index contributed by atoms with van der Waals surface area (Å²) >= 11 is 0. The number of piperidine rings is 1. The van der Waals surface area contributed by atoms with Crippen molar-refractivity contribution < 1.29 is 46.2 Å². The number of rotatable bonds is 18. The Morgan fingerprint density at radius 3 is 1.89 bits per heavy atom. The van der Waals surface area contributed by atoms with Crippen LogP contribution in [0.3, 0.4) is 0 Å². The summed E-state index contributed by atoms with van der Waals surface area (Å²) in [6, 6.07) is 11.3. The van der Waals surface area contributed by atoms with E-state index in [-0.39, 0.29) is 64.7 Å². The molecule has 4 aliphatic rings. The van der Waals surface area contributed by atoms with Crippen molar-refractivity contribution in [2.45, 2.75) is 141 Å². The molecule has 4 N–H and O–H groups in total. The zero-order valence-corrected chi connectivity index (χ0v) is 47.4. The van der Waals surface area contributed by atoms with E-state index in [1.165, 1.54) is 44.1 Å². The van der Waals surface area contributed by atoms with Crippen molar-refractivity contribution in [2.24, 2.45) is 17.8 Å². The number of nitrogens with zero attached hydrogens (tertiary/aromatic N) is 6. The number of carbonyl (C=O) groups excluding carboxylic acids is 4. The molecule has 0 unspecified atom stereocenters. The second kappa shape index (κ2) is 25.2. The summed E-state index contributed by atoms with van der Waals surface area (Å²) in [5.41, 5.74) is 2.95. The number of aromatic nitrogens is 4. The molecule has 0 saturated carbocycles. The largest absolute Gasteiger partial charge is 0.453 e. The average molecular weight is 1120 g/mol. The van der Waals surface area contributed by atoms with E-state index in [0.29, 0.717) is 86.2 Å². The van der Waals surface area contributed by atoms with Crippen LogP contribution in [-0.4, -0.2) is 112 Å². The van der Waals surface area contributed by atoms with Crippen LogP contribution in [-0.2, 0) is 25.5 Å². The Bertz CT molecular complexity index is 3110. The highest BCUT2D eigenvalue weighted by atomic mass is 19.1. The van der Waals surface area contributed by atoms with E-state index in [2.05, 4.69) is 39.3 Å². The van der Waals surface area contributed by atoms with E-state index in [4.69, 9.17) is 19.4 Å². The van der Waals surface area contributed by atoms with Crippen LogP contribution < -0.4 is 20.4 Å². The lowest BCUT2D eigenvalue weighted by Gasteiger charge is -2.36. The number of benzene rings is 3. The first-order valence-corrected chi connectivity index (χ1v) is 28.5. The molecule has 0 aliphatic carbocycles. The van der Waals surface area contributed by atoms with E-state index >= 15 is 17.6 Å². The van der Waals surface area contributed by atoms with E-state index in [1.54, 1.807) is 32.6 Å². The number of carbonyl (C=O) groups is 4. The zero-order valence-electron chi connectivity index (χ0n) is 47.4. The van der Waals surface area contributed by atoms with Gasteiger partial charge in [-0.15, -0.1) is 0 Å². The summed E-state index contributed by atoms with van der Waals surface area (Å²) in [5.74, 6) is -2.74. The highest BCUT2D eigenvalue weighted by Crippen LogP contribution is 2.47. The first-order chi connectivity index (χ1) is 38.8. The minimum Gasteiger partial charge on any atom is -0.453 e. The summed E-state index contributed by atoms with van der Waals surface area (Å²) in [7, 11) is 2.46. The summed E-state index contributed by atoms with van der Waals surface area (Å²) in [6.07, 6.45) is 7.36. The molecule has 4 aliphatic heterocycles. The Hall–Kier alpha value is -7.38. The minimum atomic E-state index is -0.905. The number of nitrogens with one attached hydrogen (secondary N) is 4. The molecule has 0 spiro atoms. The van der Waals surface area contributed by atoms with Gasteiger partial charge >= 0.3 is 12.2 Å². The molecule has 5 aromatic rings. The summed E-state index contributed by atoms with van der Waals surface area (Å²) in [5, 5.41) is 5.30. The van der Waals surface area contributed by atoms with Gasteiger partial charge in [-0.25, -0.2) is 37.1 Å². The van der Waals surface area contributed by atoms with Gasteiger partial charge in [0, 0.05) is 60.8 Å². The number of fused-ring (bicyclic) bond motifs is 1. The monoisotopic (exact) mass is 1120 g/mol. The van der Waals surface area contributed by atoms with Crippen molar-refractivity contribution in [3.8, 4) is 0 Å². The number of hydrogen-bond acceptors (Lipinski definition) is 10. The maximum Gasteiger partial charge on any atom is 0.407 e. The normalized spacial score (nSPS) is 20.6. The number of hydrogen-bond donors (Lipinski definition) is 4. The lowest BCUT2D eigenvalue weighted by Crippen LogP contribution is -2.51. The summed E-state index contributed by atoms with van der Waals surface area (Å²) in [4.78, 5) is 75.2. The highest BCUT2D eigenvalue weighted by Gasteiger charge is 2.42. The lowest BCUT2D eigenvalue weighted by atomic mass is 9.90. The van der Waals surface area contributed by atoms with E-state index in [0.717, 1.165) is 32.1 Å². The topological polar surface area (TPSA) is 181 Å². The van der Waals surface area contributed by atoms with Gasteiger partial charge < -0.3 is 49.7 Å². The van der Waals surface area contributed by atoms with E-state index < -0.39 is 71.7 Å². The fraction of sp³-hybridized carbons (Fsp3) is 0.508. The molecule has 4 amide bonds. The Labute approximate surface area is 471 Å². The number of aryl methyl sites for hydroxylation is 2. The number of methoxy groups -OCH3 is 2. The van der Waals surface area contributed by atoms with Gasteiger partial charge in [-0.05, 0) is 119 Å². The van der Waals surface area contributed by atoms with Gasteiger partial charge in [-0.1, -0.05) is 64.6 Å². The number of alkyl carbamates (subject to hydrolysis) is 2. The molecule has 81 heavy (non-hydrogen) atoms. The molecule has 4 saturated heterocycles. The maximum absolute atomic E-state index is 17.1. The van der Waals surface area contributed by atoms with Crippen molar-refractivity contribution in [1.29, 1.82) is 0 Å². The third-order valence-corrected chi connectivity index (χ3v) is 16.9. The van der Waals surface area contributed by atoms with Crippen LogP contribution in [0.15, 0.2) is 72.6 Å². The Balaban J connectivity index is 1.00. The van der Waals surface area contributed by atoms with Gasteiger partial charge in [0.05, 0.1) is 55.1 Å². The Morgan fingerprint density at radius 2 is 1.32 bits per heavy atom. The number of halogens is 4. The molecule has 16 nitrogen and oxygen atoms in total. The van der Waals surface area contributed by atoms with E-state index in [1.807, 2.05) is 45.9 Å². The average Bonchev–Trinajstić information content (AvgIpc) is 4.17. The van der Waals surface area contributed by atoms with Gasteiger partial charge in [-0.2, -0.15) is 0 Å². The zero-order chi connectivity index (χ0) is 57.8. The van der Waals surface area contributed by atoms with Crippen LogP contribution in [0.2, 0.25) is 0 Å². The van der Waals surface area contributed by atoms with Crippen LogP contribution >= 0.6 is 0 Å². The third-order valence-electron chi connectivity index (χ3n) is 16.9. The van der Waals surface area contributed by atoms with Gasteiger partial charge in [0.2, 0.25) is 11.8 Å². The number of anilines is 2. The number of H-pyrrole nitrogens is 2. The molecule has 2 aromatic heterocycles. The summed E-state index contributed by atoms with van der Waals surface area (Å²) in [6.45, 7) is 15.1. The smallest absolute Gasteiger partial charge is 0.407 e. The highest BCUT2D eigenvalue weighted by molar-refractivity contribution is 5.87. The number of likely N-dealkylation sites (tertiary alicyclic amines) is 2. The third kappa shape index (κ3) is 12.6. The predicted octanol–water partition coefficient (Wildman–Crippen LogP) is 11.6. The first-order valence-electron chi connectivity index (χ1n) is 28.5. The fourth-order valence-electron chi connectivity index (χ4n) is 12.5. The molecule has 20 heteroatoms. The van der Waals surface area contributed by atoms with Crippen LogP contribution in [0, 0.1) is 42.1 Å². The van der Waals surface area contributed by atoms with Gasteiger partial charge in [0.15, 0.2) is 11.6 Å². The second-order valence-electron chi connectivity index (χ2n) is 22.8. The quantitative estimate of drug-likeness (QED) is 0.0487. The first kappa shape index (κ1) is 58.3. The fourth-order valence-corrected chi connectivity index (χ4v) is 12.5. The molecule has 6 heterocycles. The minimum absolute atomic E-state index is 0.00953. The molecule has 6 atom stereocenters. The number of ether oxygens (including phenoxy) is 2. The van der Waals surface area contributed by atoms with Crippen molar-refractivity contribution in [3.05, 3.63) is 124 Å². The predicted molar refractivity (Wildman–Crippen MR) is 302 cm³/mol. The van der Waals surface area contributed by atoms with Crippen molar-refractivity contribution >= 4 is 52.5 Å². The number of imidazole rings is 2. The Kier molecular flexibility index (Phi) is 18.1. The van der Waals surface area contributed by atoms with Gasteiger partial charge in [0.1, 0.15) is 41.1 Å². The van der Waals surface area contributed by atoms with Crippen LogP contribution in [0.4, 0.5) is 38.5 Å². The second-order valence-corrected chi connectivity index (χ2v) is 22.8. The molecular weight excluding hydrogens is 1040 g/mol. The van der Waals surface area contributed by atoms with Gasteiger partial charge in [0.25, 0.3) is 0 Å². The molecule has 3 aromatic carbocycles. The molecule has 0 bridgehead atoms. The molecule has 9 rings (SSSR count). The van der Waals surface area contributed by atoms with Crippen molar-refractivity contribution in [1.82, 2.24) is 40.4 Å². The summed E-state index contributed by atoms with van der Waals surface area (Å²) < 4.78 is 77.3.